The smallest absolute Gasteiger partial charge is 0.153 e. The summed E-state index contributed by atoms with van der Waals surface area (Å²) in [5.74, 6) is 0.345. The number of aryl methyl sites for hydroxylation is 2. The van der Waals surface area contributed by atoms with Crippen LogP contribution in [-0.2, 0) is 0 Å². The van der Waals surface area contributed by atoms with Crippen molar-refractivity contribution in [3.8, 4) is 0 Å². The van der Waals surface area contributed by atoms with Crippen molar-refractivity contribution in [2.75, 3.05) is 11.1 Å². The van der Waals surface area contributed by atoms with E-state index in [1.807, 2.05) is 19.9 Å². The Bertz CT molecular complexity index is 552. The minimum Gasteiger partial charge on any atom is -0.396 e. The van der Waals surface area contributed by atoms with E-state index in [4.69, 9.17) is 5.73 Å². The lowest BCUT2D eigenvalue weighted by atomic mass is 10.2. The number of nitrogen functional groups attached to an aromatic ring is 1. The Balaban J connectivity index is 2.35. The van der Waals surface area contributed by atoms with Crippen molar-refractivity contribution in [1.29, 1.82) is 0 Å². The van der Waals surface area contributed by atoms with E-state index in [1.165, 1.54) is 12.1 Å². The van der Waals surface area contributed by atoms with Crippen LogP contribution in [0.25, 0.3) is 0 Å². The molecule has 1 heterocycles. The zero-order chi connectivity index (χ0) is 12.4. The molecule has 88 valence electrons. The summed E-state index contributed by atoms with van der Waals surface area (Å²) < 4.78 is 13.0. The molecule has 0 unspecified atom stereocenters. The molecule has 0 fully saturated rings. The van der Waals surface area contributed by atoms with E-state index in [2.05, 4.69) is 10.3 Å². The van der Waals surface area contributed by atoms with Gasteiger partial charge < -0.3 is 11.1 Å². The number of aromatic nitrogens is 1. The van der Waals surface area contributed by atoms with Crippen LogP contribution in [0, 0.1) is 19.7 Å². The molecule has 0 radical (unpaired) electrons. The molecule has 0 atom stereocenters. The van der Waals surface area contributed by atoms with E-state index < -0.39 is 0 Å². The second-order valence-corrected chi connectivity index (χ2v) is 3.97. The third-order valence-corrected chi connectivity index (χ3v) is 2.65. The molecule has 2 rings (SSSR count). The summed E-state index contributed by atoms with van der Waals surface area (Å²) in [4.78, 5) is 4.17. The molecule has 3 nitrogen and oxygen atoms in total. The molecule has 1 aromatic heterocycles. The van der Waals surface area contributed by atoms with Crippen molar-refractivity contribution in [2.24, 2.45) is 0 Å². The molecular weight excluding hydrogens is 217 g/mol. The number of benzene rings is 1. The fourth-order valence-electron chi connectivity index (χ4n) is 1.56. The quantitative estimate of drug-likeness (QED) is 0.834. The van der Waals surface area contributed by atoms with Gasteiger partial charge in [0.15, 0.2) is 5.82 Å². The Hall–Kier alpha value is -2.10. The minimum atomic E-state index is -0.252. The third kappa shape index (κ3) is 2.36. The molecule has 0 aliphatic carbocycles. The van der Waals surface area contributed by atoms with Crippen molar-refractivity contribution < 1.29 is 4.39 Å². The maximum atomic E-state index is 13.0. The molecule has 0 saturated carbocycles. The summed E-state index contributed by atoms with van der Waals surface area (Å²) in [6, 6.07) is 6.39. The maximum absolute atomic E-state index is 13.0. The molecule has 4 heteroatoms. The van der Waals surface area contributed by atoms with Crippen molar-refractivity contribution in [2.45, 2.75) is 13.8 Å². The number of nitrogens with one attached hydrogen (secondary N) is 1. The first-order chi connectivity index (χ1) is 8.08. The molecule has 0 aliphatic rings. The lowest BCUT2D eigenvalue weighted by Crippen LogP contribution is -2.02. The summed E-state index contributed by atoms with van der Waals surface area (Å²) in [5, 5.41) is 3.11. The van der Waals surface area contributed by atoms with Crippen LogP contribution < -0.4 is 11.1 Å². The van der Waals surface area contributed by atoms with E-state index in [9.17, 15) is 4.39 Å². The number of halogens is 1. The van der Waals surface area contributed by atoms with Gasteiger partial charge in [-0.15, -0.1) is 0 Å². The second-order valence-electron chi connectivity index (χ2n) is 3.97. The highest BCUT2D eigenvalue weighted by Crippen LogP contribution is 2.25. The van der Waals surface area contributed by atoms with Crippen molar-refractivity contribution in [1.82, 2.24) is 4.98 Å². The Morgan fingerprint density at radius 2 is 1.94 bits per heavy atom. The van der Waals surface area contributed by atoms with Gasteiger partial charge >= 0.3 is 0 Å². The van der Waals surface area contributed by atoms with Gasteiger partial charge in [-0.2, -0.15) is 0 Å². The summed E-state index contributed by atoms with van der Waals surface area (Å²) in [5.41, 5.74) is 9.09. The van der Waals surface area contributed by atoms with E-state index in [-0.39, 0.29) is 5.82 Å². The second kappa shape index (κ2) is 4.41. The van der Waals surface area contributed by atoms with Gasteiger partial charge in [0.1, 0.15) is 5.82 Å². The maximum Gasteiger partial charge on any atom is 0.153 e. The average Bonchev–Trinajstić information content (AvgIpc) is 2.28. The molecule has 0 aliphatic heterocycles. The van der Waals surface area contributed by atoms with Crippen LogP contribution in [0.3, 0.4) is 0 Å². The summed E-state index contributed by atoms with van der Waals surface area (Å²) in [7, 11) is 0. The molecule has 0 saturated heterocycles. The normalized spacial score (nSPS) is 10.3. The first-order valence-corrected chi connectivity index (χ1v) is 5.32. The highest BCUT2D eigenvalue weighted by molar-refractivity contribution is 5.72. The van der Waals surface area contributed by atoms with Crippen molar-refractivity contribution in [3.05, 3.63) is 47.4 Å². The summed E-state index contributed by atoms with van der Waals surface area (Å²) in [6.45, 7) is 3.75. The summed E-state index contributed by atoms with van der Waals surface area (Å²) in [6.07, 6.45) is 1.69. The molecule has 17 heavy (non-hydrogen) atoms. The topological polar surface area (TPSA) is 50.9 Å². The van der Waals surface area contributed by atoms with Crippen LogP contribution in [0.15, 0.2) is 30.5 Å². The largest absolute Gasteiger partial charge is 0.396 e. The van der Waals surface area contributed by atoms with Gasteiger partial charge in [0, 0.05) is 11.9 Å². The first kappa shape index (κ1) is 11.4. The van der Waals surface area contributed by atoms with Crippen LogP contribution in [0.2, 0.25) is 0 Å². The van der Waals surface area contributed by atoms with Gasteiger partial charge in [0.25, 0.3) is 0 Å². The van der Waals surface area contributed by atoms with E-state index in [1.54, 1.807) is 12.3 Å². The lowest BCUT2D eigenvalue weighted by Gasteiger charge is -2.11. The van der Waals surface area contributed by atoms with Crippen LogP contribution in [0.1, 0.15) is 11.1 Å². The molecule has 0 amide bonds. The SMILES string of the molecule is Cc1cc(F)ccc1Nc1nccc(C)c1N. The number of nitrogens with zero attached hydrogens (tertiary/aromatic N) is 1. The van der Waals surface area contributed by atoms with Crippen LogP contribution in [0.5, 0.6) is 0 Å². The number of nitrogens with two attached hydrogens (primary N) is 1. The van der Waals surface area contributed by atoms with Crippen LogP contribution in [-0.4, -0.2) is 4.98 Å². The van der Waals surface area contributed by atoms with Gasteiger partial charge in [0.05, 0.1) is 5.69 Å². The zero-order valence-corrected chi connectivity index (χ0v) is 9.79. The molecular formula is C13H14FN3. The number of anilines is 3. The Kier molecular flexibility index (Phi) is 2.95. The molecule has 3 N–H and O–H groups in total. The monoisotopic (exact) mass is 231 g/mol. The lowest BCUT2D eigenvalue weighted by molar-refractivity contribution is 0.627. The van der Waals surface area contributed by atoms with Crippen LogP contribution in [0.4, 0.5) is 21.6 Å². The Labute approximate surface area is 99.5 Å². The third-order valence-electron chi connectivity index (χ3n) is 2.65. The minimum absolute atomic E-state index is 0.252. The first-order valence-electron chi connectivity index (χ1n) is 5.32. The number of hydrogen-bond donors (Lipinski definition) is 2. The summed E-state index contributed by atoms with van der Waals surface area (Å²) >= 11 is 0. The molecule has 0 bridgehead atoms. The fourth-order valence-corrected chi connectivity index (χ4v) is 1.56. The van der Waals surface area contributed by atoms with Gasteiger partial charge in [-0.1, -0.05) is 0 Å². The number of hydrogen-bond acceptors (Lipinski definition) is 3. The molecule has 0 spiro atoms. The van der Waals surface area contributed by atoms with Crippen LogP contribution >= 0.6 is 0 Å². The number of rotatable bonds is 2. The van der Waals surface area contributed by atoms with Gasteiger partial charge in [-0.05, 0) is 49.2 Å². The molecule has 1 aromatic carbocycles. The zero-order valence-electron chi connectivity index (χ0n) is 9.79. The van der Waals surface area contributed by atoms with Gasteiger partial charge in [-0.3, -0.25) is 0 Å². The Morgan fingerprint density at radius 3 is 2.65 bits per heavy atom. The fraction of sp³-hybridized carbons (Fsp3) is 0.154. The Morgan fingerprint density at radius 1 is 1.18 bits per heavy atom. The predicted molar refractivity (Wildman–Crippen MR) is 67.8 cm³/mol. The van der Waals surface area contributed by atoms with Gasteiger partial charge in [0.2, 0.25) is 0 Å². The predicted octanol–water partition coefficient (Wildman–Crippen LogP) is 3.16. The highest BCUT2D eigenvalue weighted by atomic mass is 19.1. The van der Waals surface area contributed by atoms with Crippen molar-refractivity contribution in [3.63, 3.8) is 0 Å². The van der Waals surface area contributed by atoms with E-state index >= 15 is 0 Å². The van der Waals surface area contributed by atoms with E-state index in [0.29, 0.717) is 11.5 Å². The van der Waals surface area contributed by atoms with E-state index in [0.717, 1.165) is 16.8 Å². The van der Waals surface area contributed by atoms with Crippen molar-refractivity contribution >= 4 is 17.2 Å². The van der Waals surface area contributed by atoms with Gasteiger partial charge in [-0.25, -0.2) is 9.37 Å². The standard InChI is InChI=1S/C13H14FN3/c1-8-5-6-16-13(12(8)15)17-11-4-3-10(14)7-9(11)2/h3-7H,15H2,1-2H3,(H,16,17). The highest BCUT2D eigenvalue weighted by Gasteiger charge is 2.05. The molecule has 2 aromatic rings. The number of pyridine rings is 1. The average molecular weight is 231 g/mol.